The summed E-state index contributed by atoms with van der Waals surface area (Å²) in [6, 6.07) is 8.78. The van der Waals surface area contributed by atoms with Crippen LogP contribution in [0.25, 0.3) is 6.08 Å². The van der Waals surface area contributed by atoms with E-state index in [1.807, 2.05) is 0 Å². The van der Waals surface area contributed by atoms with Crippen molar-refractivity contribution < 1.29 is 9.47 Å². The monoisotopic (exact) mass is 424 g/mol. The maximum Gasteiger partial charge on any atom is 0.190 e. The van der Waals surface area contributed by atoms with Crippen molar-refractivity contribution in [1.82, 2.24) is 0 Å². The van der Waals surface area contributed by atoms with Gasteiger partial charge in [-0.1, -0.05) is 60.3 Å². The topological polar surface area (TPSA) is 18.5 Å². The number of benzene rings is 1. The van der Waals surface area contributed by atoms with Crippen LogP contribution >= 0.6 is 15.9 Å². The first-order valence-corrected chi connectivity index (χ1v) is 12.8. The molecule has 1 aromatic carbocycles. The van der Waals surface area contributed by atoms with Gasteiger partial charge in [-0.2, -0.15) is 0 Å². The first-order chi connectivity index (χ1) is 12.5. The van der Waals surface area contributed by atoms with Crippen LogP contribution in [0.1, 0.15) is 18.1 Å². The highest BCUT2D eigenvalue weighted by Crippen LogP contribution is 2.49. The van der Waals surface area contributed by atoms with E-state index in [1.165, 1.54) is 33.0 Å². The Morgan fingerprint density at radius 3 is 2.73 bits per heavy atom. The zero-order valence-corrected chi connectivity index (χ0v) is 17.8. The van der Waals surface area contributed by atoms with Gasteiger partial charge in [-0.25, -0.2) is 0 Å². The van der Waals surface area contributed by atoms with E-state index in [4.69, 9.17) is 9.47 Å². The van der Waals surface area contributed by atoms with Gasteiger partial charge in [-0.05, 0) is 62.8 Å². The highest BCUT2D eigenvalue weighted by atomic mass is 79.9. The van der Waals surface area contributed by atoms with E-state index in [2.05, 4.69) is 78.4 Å². The Kier molecular flexibility index (Phi) is 3.62. The SMILES string of the molecule is CC1=C([Si](C)(C)C2=Cc3ccccc3C2)C2=CC3OCOC3=C(Br)C2=C1. The second kappa shape index (κ2) is 5.68. The lowest BCUT2D eigenvalue weighted by Gasteiger charge is -2.31. The molecular formula is C22H21BrO2Si. The summed E-state index contributed by atoms with van der Waals surface area (Å²) in [5.41, 5.74) is 6.84. The third kappa shape index (κ3) is 2.25. The average molecular weight is 425 g/mol. The number of allylic oxidation sites excluding steroid dienone is 7. The second-order valence-corrected chi connectivity index (χ2v) is 13.1. The molecule has 1 atom stereocenters. The Morgan fingerprint density at radius 2 is 1.92 bits per heavy atom. The summed E-state index contributed by atoms with van der Waals surface area (Å²) in [5.74, 6) is 0.918. The summed E-state index contributed by atoms with van der Waals surface area (Å²) in [6.07, 6.45) is 8.04. The molecule has 1 heterocycles. The van der Waals surface area contributed by atoms with Crippen LogP contribution in [-0.4, -0.2) is 21.0 Å². The van der Waals surface area contributed by atoms with Gasteiger partial charge in [0, 0.05) is 0 Å². The van der Waals surface area contributed by atoms with E-state index < -0.39 is 8.07 Å². The minimum Gasteiger partial charge on any atom is -0.468 e. The highest BCUT2D eigenvalue weighted by molar-refractivity contribution is 9.12. The molecule has 1 fully saturated rings. The summed E-state index contributed by atoms with van der Waals surface area (Å²) in [4.78, 5) is 0. The molecule has 0 saturated carbocycles. The van der Waals surface area contributed by atoms with Crippen LogP contribution in [0.3, 0.4) is 0 Å². The van der Waals surface area contributed by atoms with E-state index in [9.17, 15) is 0 Å². The van der Waals surface area contributed by atoms with Crippen LogP contribution in [0.15, 0.2) is 73.8 Å². The van der Waals surface area contributed by atoms with Gasteiger partial charge >= 0.3 is 0 Å². The van der Waals surface area contributed by atoms with Gasteiger partial charge in [0.15, 0.2) is 6.79 Å². The third-order valence-electron chi connectivity index (χ3n) is 6.00. The Balaban J connectivity index is 1.56. The quantitative estimate of drug-likeness (QED) is 0.576. The molecule has 1 aliphatic heterocycles. The van der Waals surface area contributed by atoms with Gasteiger partial charge < -0.3 is 9.47 Å². The fraction of sp³-hybridized carbons (Fsp3) is 0.273. The molecule has 1 unspecified atom stereocenters. The van der Waals surface area contributed by atoms with Crippen molar-refractivity contribution in [3.8, 4) is 0 Å². The molecule has 26 heavy (non-hydrogen) atoms. The maximum absolute atomic E-state index is 5.77. The van der Waals surface area contributed by atoms with E-state index in [-0.39, 0.29) is 6.10 Å². The lowest BCUT2D eigenvalue weighted by molar-refractivity contribution is 0.0629. The summed E-state index contributed by atoms with van der Waals surface area (Å²) in [7, 11) is -1.80. The molecule has 132 valence electrons. The molecule has 0 spiro atoms. The summed E-state index contributed by atoms with van der Waals surface area (Å²) in [5, 5.41) is 3.15. The molecule has 0 aromatic heterocycles. The first-order valence-electron chi connectivity index (χ1n) is 9.06. The van der Waals surface area contributed by atoms with Crippen LogP contribution in [0.2, 0.25) is 13.1 Å². The van der Waals surface area contributed by atoms with Gasteiger partial charge in [-0.3, -0.25) is 0 Å². The number of hydrogen-bond acceptors (Lipinski definition) is 2. The fourth-order valence-corrected chi connectivity index (χ4v) is 8.75. The molecule has 5 rings (SSSR count). The molecule has 4 heteroatoms. The predicted molar refractivity (Wildman–Crippen MR) is 111 cm³/mol. The molecular weight excluding hydrogens is 404 g/mol. The molecule has 0 radical (unpaired) electrons. The Morgan fingerprint density at radius 1 is 1.12 bits per heavy atom. The van der Waals surface area contributed by atoms with Gasteiger partial charge in [0.2, 0.25) is 0 Å². The molecule has 3 aliphatic carbocycles. The van der Waals surface area contributed by atoms with Crippen molar-refractivity contribution in [2.45, 2.75) is 32.5 Å². The lowest BCUT2D eigenvalue weighted by atomic mass is 10.00. The van der Waals surface area contributed by atoms with Crippen molar-refractivity contribution in [2.24, 2.45) is 0 Å². The minimum absolute atomic E-state index is 0.0584. The number of hydrogen-bond donors (Lipinski definition) is 0. The summed E-state index contributed by atoms with van der Waals surface area (Å²) in [6.45, 7) is 7.56. The van der Waals surface area contributed by atoms with Crippen molar-refractivity contribution in [2.75, 3.05) is 6.79 Å². The van der Waals surface area contributed by atoms with E-state index in [0.29, 0.717) is 6.79 Å². The minimum atomic E-state index is -1.80. The smallest absolute Gasteiger partial charge is 0.190 e. The molecule has 1 saturated heterocycles. The van der Waals surface area contributed by atoms with Gasteiger partial charge in [0.05, 0.1) is 4.48 Å². The van der Waals surface area contributed by atoms with Crippen LogP contribution < -0.4 is 0 Å². The van der Waals surface area contributed by atoms with E-state index in [0.717, 1.165) is 16.7 Å². The molecule has 2 nitrogen and oxygen atoms in total. The maximum atomic E-state index is 5.77. The first kappa shape index (κ1) is 16.5. The second-order valence-electron chi connectivity index (χ2n) is 7.89. The van der Waals surface area contributed by atoms with Gasteiger partial charge in [-0.15, -0.1) is 0 Å². The van der Waals surface area contributed by atoms with Crippen LogP contribution in [0.5, 0.6) is 0 Å². The third-order valence-corrected chi connectivity index (χ3v) is 10.7. The average Bonchev–Trinajstić information content (AvgIpc) is 3.31. The van der Waals surface area contributed by atoms with Crippen LogP contribution in [0, 0.1) is 0 Å². The number of ether oxygens (including phenoxy) is 2. The highest BCUT2D eigenvalue weighted by Gasteiger charge is 2.42. The van der Waals surface area contributed by atoms with Crippen molar-refractivity contribution in [3.05, 3.63) is 84.9 Å². The molecule has 0 bridgehead atoms. The zero-order valence-electron chi connectivity index (χ0n) is 15.2. The predicted octanol–water partition coefficient (Wildman–Crippen LogP) is 5.59. The number of halogens is 1. The van der Waals surface area contributed by atoms with Gasteiger partial charge in [0.25, 0.3) is 0 Å². The van der Waals surface area contributed by atoms with Crippen molar-refractivity contribution >= 4 is 30.1 Å². The molecule has 0 amide bonds. The Bertz CT molecular complexity index is 991. The van der Waals surface area contributed by atoms with Crippen molar-refractivity contribution in [3.63, 3.8) is 0 Å². The molecule has 0 N–H and O–H groups in total. The fourth-order valence-electron chi connectivity index (χ4n) is 4.66. The molecule has 4 aliphatic rings. The summed E-state index contributed by atoms with van der Waals surface area (Å²) >= 11 is 3.77. The van der Waals surface area contributed by atoms with Gasteiger partial charge in [0.1, 0.15) is 19.9 Å². The van der Waals surface area contributed by atoms with Crippen LogP contribution in [-0.2, 0) is 15.9 Å². The van der Waals surface area contributed by atoms with Crippen molar-refractivity contribution in [1.29, 1.82) is 0 Å². The van der Waals surface area contributed by atoms with E-state index >= 15 is 0 Å². The Hall–Kier alpha value is -1.62. The number of rotatable bonds is 2. The van der Waals surface area contributed by atoms with E-state index in [1.54, 1.807) is 5.20 Å². The normalized spacial score (nSPS) is 24.0. The molecule has 1 aromatic rings. The van der Waals surface area contributed by atoms with Crippen LogP contribution in [0.4, 0.5) is 0 Å². The largest absolute Gasteiger partial charge is 0.468 e. The summed E-state index contributed by atoms with van der Waals surface area (Å²) < 4.78 is 12.5. The standard InChI is InChI=1S/C22H21BrO2Si/c1-13-8-17-18(11-19-21(20(17)23)25-12-24-19)22(13)26(2,3)16-9-14-6-4-5-7-15(14)10-16/h4-9,11,19H,10,12H2,1-3H3. The zero-order chi connectivity index (χ0) is 18.1. The number of fused-ring (bicyclic) bond motifs is 3. The lowest BCUT2D eigenvalue weighted by Crippen LogP contribution is -2.34. The Labute approximate surface area is 163 Å².